The monoisotopic (exact) mass is 311 g/mol. The van der Waals surface area contributed by atoms with E-state index >= 15 is 0 Å². The number of hydrogen-bond acceptors (Lipinski definition) is 4. The lowest BCUT2D eigenvalue weighted by Gasteiger charge is -2.35. The van der Waals surface area contributed by atoms with Gasteiger partial charge >= 0.3 is 0 Å². The van der Waals surface area contributed by atoms with Crippen LogP contribution >= 0.6 is 0 Å². The molecular weight excluding hydrogens is 286 g/mol. The third-order valence-corrected chi connectivity index (χ3v) is 6.08. The molecule has 1 heterocycles. The standard InChI is InChI=1S/C15H25N3O2S/c1-4-13-7-5-6-10-18(13)21(19,20)15-11-12(16)8-9-14(15)17(2)3/h8-9,11,13H,4-7,10,16H2,1-3H3. The Labute approximate surface area is 127 Å². The van der Waals surface area contributed by atoms with Gasteiger partial charge in [0.25, 0.3) is 0 Å². The van der Waals surface area contributed by atoms with Gasteiger partial charge in [-0.15, -0.1) is 0 Å². The summed E-state index contributed by atoms with van der Waals surface area (Å²) in [5.74, 6) is 0. The highest BCUT2D eigenvalue weighted by Crippen LogP contribution is 2.33. The van der Waals surface area contributed by atoms with Crippen LogP contribution in [0.4, 0.5) is 11.4 Å². The van der Waals surface area contributed by atoms with Crippen LogP contribution in [-0.4, -0.2) is 39.4 Å². The molecule has 0 bridgehead atoms. The van der Waals surface area contributed by atoms with Gasteiger partial charge in [-0.3, -0.25) is 0 Å². The summed E-state index contributed by atoms with van der Waals surface area (Å²) in [7, 11) is 0.181. The SMILES string of the molecule is CCC1CCCCN1S(=O)(=O)c1cc(N)ccc1N(C)C. The Morgan fingerprint density at radius 1 is 1.33 bits per heavy atom. The van der Waals surface area contributed by atoms with Gasteiger partial charge in [0.05, 0.1) is 5.69 Å². The molecule has 1 unspecified atom stereocenters. The number of benzene rings is 1. The van der Waals surface area contributed by atoms with E-state index in [1.807, 2.05) is 25.9 Å². The van der Waals surface area contributed by atoms with Crippen LogP contribution in [-0.2, 0) is 10.0 Å². The molecule has 118 valence electrons. The van der Waals surface area contributed by atoms with Crippen LogP contribution in [0.25, 0.3) is 0 Å². The van der Waals surface area contributed by atoms with E-state index in [1.165, 1.54) is 0 Å². The Morgan fingerprint density at radius 2 is 2.05 bits per heavy atom. The molecule has 0 spiro atoms. The Bertz CT molecular complexity index is 599. The molecule has 0 aliphatic carbocycles. The van der Waals surface area contributed by atoms with Gasteiger partial charge in [0, 0.05) is 32.4 Å². The average molecular weight is 311 g/mol. The summed E-state index contributed by atoms with van der Waals surface area (Å²) in [6, 6.07) is 5.18. The number of nitrogens with zero attached hydrogens (tertiary/aromatic N) is 2. The van der Waals surface area contributed by atoms with Crippen molar-refractivity contribution in [3.8, 4) is 0 Å². The van der Waals surface area contributed by atoms with Crippen molar-refractivity contribution in [2.75, 3.05) is 31.3 Å². The summed E-state index contributed by atoms with van der Waals surface area (Å²) in [6.45, 7) is 2.65. The molecule has 0 amide bonds. The number of rotatable bonds is 4. The number of hydrogen-bond donors (Lipinski definition) is 1. The van der Waals surface area contributed by atoms with Crippen molar-refractivity contribution in [1.82, 2.24) is 4.31 Å². The third kappa shape index (κ3) is 3.16. The number of piperidine rings is 1. The zero-order chi connectivity index (χ0) is 15.6. The fourth-order valence-corrected chi connectivity index (χ4v) is 5.00. The van der Waals surface area contributed by atoms with Crippen molar-refractivity contribution in [2.24, 2.45) is 0 Å². The first-order valence-corrected chi connectivity index (χ1v) is 8.90. The van der Waals surface area contributed by atoms with Gasteiger partial charge in [0.15, 0.2) is 0 Å². The molecule has 1 aromatic carbocycles. The summed E-state index contributed by atoms with van der Waals surface area (Å²) in [6.07, 6.45) is 3.81. The van der Waals surface area contributed by atoms with E-state index < -0.39 is 10.0 Å². The lowest BCUT2D eigenvalue weighted by molar-refractivity contribution is 0.246. The highest BCUT2D eigenvalue weighted by Gasteiger charge is 2.34. The van der Waals surface area contributed by atoms with Crippen LogP contribution in [0.3, 0.4) is 0 Å². The van der Waals surface area contributed by atoms with Gasteiger partial charge in [-0.2, -0.15) is 4.31 Å². The zero-order valence-electron chi connectivity index (χ0n) is 13.0. The van der Waals surface area contributed by atoms with E-state index in [0.29, 0.717) is 22.8 Å². The maximum Gasteiger partial charge on any atom is 0.245 e. The number of sulfonamides is 1. The van der Waals surface area contributed by atoms with Crippen molar-refractivity contribution < 1.29 is 8.42 Å². The minimum absolute atomic E-state index is 0.0974. The van der Waals surface area contributed by atoms with Crippen LogP contribution in [0.1, 0.15) is 32.6 Å². The van der Waals surface area contributed by atoms with Crippen molar-refractivity contribution in [3.05, 3.63) is 18.2 Å². The van der Waals surface area contributed by atoms with E-state index in [1.54, 1.807) is 22.5 Å². The second kappa shape index (κ2) is 6.23. The summed E-state index contributed by atoms with van der Waals surface area (Å²) >= 11 is 0. The van der Waals surface area contributed by atoms with Crippen LogP contribution < -0.4 is 10.6 Å². The first-order valence-electron chi connectivity index (χ1n) is 7.46. The molecule has 6 heteroatoms. The molecule has 1 aliphatic rings. The van der Waals surface area contributed by atoms with E-state index in [-0.39, 0.29) is 6.04 Å². The second-order valence-corrected chi connectivity index (χ2v) is 7.65. The van der Waals surface area contributed by atoms with Crippen LogP contribution in [0.5, 0.6) is 0 Å². The second-order valence-electron chi connectivity index (χ2n) is 5.80. The van der Waals surface area contributed by atoms with Crippen molar-refractivity contribution in [3.63, 3.8) is 0 Å². The summed E-state index contributed by atoms with van der Waals surface area (Å²) in [5.41, 5.74) is 6.98. The van der Waals surface area contributed by atoms with Crippen molar-refractivity contribution in [1.29, 1.82) is 0 Å². The molecule has 1 atom stereocenters. The van der Waals surface area contributed by atoms with Gasteiger partial charge in [-0.1, -0.05) is 13.3 Å². The van der Waals surface area contributed by atoms with Gasteiger partial charge in [0.2, 0.25) is 10.0 Å². The number of nitrogen functional groups attached to an aromatic ring is 1. The molecule has 1 aromatic rings. The fourth-order valence-electron chi connectivity index (χ4n) is 2.93. The average Bonchev–Trinajstić information content (AvgIpc) is 2.46. The van der Waals surface area contributed by atoms with Crippen LogP contribution in [0.15, 0.2) is 23.1 Å². The van der Waals surface area contributed by atoms with Gasteiger partial charge in [0.1, 0.15) is 4.90 Å². The highest BCUT2D eigenvalue weighted by molar-refractivity contribution is 7.89. The lowest BCUT2D eigenvalue weighted by atomic mass is 10.0. The van der Waals surface area contributed by atoms with E-state index in [0.717, 1.165) is 25.7 Å². The molecule has 2 rings (SSSR count). The van der Waals surface area contributed by atoms with Gasteiger partial charge in [-0.25, -0.2) is 8.42 Å². The molecule has 1 aliphatic heterocycles. The number of anilines is 2. The Balaban J connectivity index is 2.50. The number of nitrogens with two attached hydrogens (primary N) is 1. The molecule has 0 aromatic heterocycles. The maximum absolute atomic E-state index is 13.1. The molecule has 1 saturated heterocycles. The lowest BCUT2D eigenvalue weighted by Crippen LogP contribution is -2.43. The predicted octanol–water partition coefficient (Wildman–Crippen LogP) is 2.29. The van der Waals surface area contributed by atoms with Crippen molar-refractivity contribution in [2.45, 2.75) is 43.5 Å². The van der Waals surface area contributed by atoms with Crippen molar-refractivity contribution >= 4 is 21.4 Å². The first-order chi connectivity index (χ1) is 9.87. The predicted molar refractivity (Wildman–Crippen MR) is 87.0 cm³/mol. The Hall–Kier alpha value is -1.27. The smallest absolute Gasteiger partial charge is 0.245 e. The molecule has 1 fully saturated rings. The van der Waals surface area contributed by atoms with Crippen LogP contribution in [0.2, 0.25) is 0 Å². The quantitative estimate of drug-likeness (QED) is 0.866. The fraction of sp³-hybridized carbons (Fsp3) is 0.600. The first kappa shape index (κ1) is 16.1. The van der Waals surface area contributed by atoms with Gasteiger partial charge < -0.3 is 10.6 Å². The molecular formula is C15H25N3O2S. The Kier molecular flexibility index (Phi) is 4.78. The minimum Gasteiger partial charge on any atom is -0.399 e. The molecule has 0 radical (unpaired) electrons. The molecule has 2 N–H and O–H groups in total. The third-order valence-electron chi connectivity index (χ3n) is 4.10. The normalized spacial score (nSPS) is 20.4. The zero-order valence-corrected chi connectivity index (χ0v) is 13.9. The largest absolute Gasteiger partial charge is 0.399 e. The highest BCUT2D eigenvalue weighted by atomic mass is 32.2. The van der Waals surface area contributed by atoms with Crippen LogP contribution in [0, 0.1) is 0 Å². The molecule has 21 heavy (non-hydrogen) atoms. The van der Waals surface area contributed by atoms with Gasteiger partial charge in [-0.05, 0) is 37.5 Å². The van der Waals surface area contributed by atoms with E-state index in [4.69, 9.17) is 5.73 Å². The van der Waals surface area contributed by atoms with E-state index in [9.17, 15) is 8.42 Å². The van der Waals surface area contributed by atoms with E-state index in [2.05, 4.69) is 0 Å². The molecule has 0 saturated carbocycles. The topological polar surface area (TPSA) is 66.6 Å². The maximum atomic E-state index is 13.1. The minimum atomic E-state index is -3.51. The Morgan fingerprint density at radius 3 is 2.67 bits per heavy atom. The summed E-state index contributed by atoms with van der Waals surface area (Å²) in [5, 5.41) is 0. The summed E-state index contributed by atoms with van der Waals surface area (Å²) in [4.78, 5) is 2.13. The molecule has 5 nitrogen and oxygen atoms in total. The summed E-state index contributed by atoms with van der Waals surface area (Å²) < 4.78 is 27.8.